The standard InChI is InChI=1S/C15H20N2O.C11H10N2O3S/c1-18-14-4-2-3-13-12(10-17-15(13)14)7-8-16-9-11-5-6-11;1-6-13-9(11(14)15)10(17-6)7-3-4-8(16-2)12-5-7/h2-4,10-11,16-17H,5-9H2,1H3;3-5H,1-2H3,(H,14,15). The van der Waals surface area contributed by atoms with Gasteiger partial charge >= 0.3 is 5.97 Å². The number of nitrogens with zero attached hydrogens (tertiary/aromatic N) is 2. The first-order valence-electron chi connectivity index (χ1n) is 11.5. The Morgan fingerprint density at radius 2 is 2.06 bits per heavy atom. The van der Waals surface area contributed by atoms with Crippen molar-refractivity contribution in [3.8, 4) is 22.1 Å². The molecule has 3 heterocycles. The number of H-pyrrole nitrogens is 1. The number of hydrogen-bond donors (Lipinski definition) is 3. The summed E-state index contributed by atoms with van der Waals surface area (Å²) in [6.07, 6.45) is 7.58. The van der Waals surface area contributed by atoms with Crippen LogP contribution in [0.25, 0.3) is 21.3 Å². The number of aromatic nitrogens is 3. The molecule has 1 aromatic carbocycles. The zero-order valence-corrected chi connectivity index (χ0v) is 20.9. The van der Waals surface area contributed by atoms with Crippen LogP contribution in [0.5, 0.6) is 11.6 Å². The lowest BCUT2D eigenvalue weighted by molar-refractivity contribution is 0.0692. The summed E-state index contributed by atoms with van der Waals surface area (Å²) in [6.45, 7) is 4.02. The number of aromatic carboxylic acids is 1. The van der Waals surface area contributed by atoms with Crippen molar-refractivity contribution in [3.05, 3.63) is 59.0 Å². The topological polar surface area (TPSA) is 109 Å². The molecule has 0 aliphatic heterocycles. The highest BCUT2D eigenvalue weighted by Gasteiger charge is 2.20. The molecule has 1 fully saturated rings. The highest BCUT2D eigenvalue weighted by atomic mass is 32.1. The zero-order chi connectivity index (χ0) is 24.8. The van der Waals surface area contributed by atoms with Gasteiger partial charge in [0.15, 0.2) is 5.69 Å². The maximum absolute atomic E-state index is 11.0. The number of rotatable bonds is 9. The highest BCUT2D eigenvalue weighted by Crippen LogP contribution is 2.31. The lowest BCUT2D eigenvalue weighted by Gasteiger charge is -2.04. The van der Waals surface area contributed by atoms with Gasteiger partial charge in [0.2, 0.25) is 5.88 Å². The first-order valence-corrected chi connectivity index (χ1v) is 12.4. The van der Waals surface area contributed by atoms with Crippen molar-refractivity contribution in [3.63, 3.8) is 0 Å². The average Bonchev–Trinajstić information content (AvgIpc) is 3.48. The first-order chi connectivity index (χ1) is 17.0. The lowest BCUT2D eigenvalue weighted by Crippen LogP contribution is -2.19. The van der Waals surface area contributed by atoms with Crippen LogP contribution in [0.3, 0.4) is 0 Å². The molecule has 3 N–H and O–H groups in total. The normalized spacial score (nSPS) is 12.8. The van der Waals surface area contributed by atoms with E-state index in [-0.39, 0.29) is 5.69 Å². The van der Waals surface area contributed by atoms with Gasteiger partial charge in [-0.05, 0) is 62.9 Å². The summed E-state index contributed by atoms with van der Waals surface area (Å²) in [6, 6.07) is 9.66. The molecule has 0 spiro atoms. The van der Waals surface area contributed by atoms with Gasteiger partial charge in [0.05, 0.1) is 29.6 Å². The predicted octanol–water partition coefficient (Wildman–Crippen LogP) is 4.94. The van der Waals surface area contributed by atoms with Gasteiger partial charge in [-0.1, -0.05) is 12.1 Å². The van der Waals surface area contributed by atoms with Crippen LogP contribution in [0, 0.1) is 12.8 Å². The Hall–Kier alpha value is -3.43. The Morgan fingerprint density at radius 3 is 2.71 bits per heavy atom. The minimum absolute atomic E-state index is 0.0690. The number of para-hydroxylation sites is 1. The van der Waals surface area contributed by atoms with E-state index in [4.69, 9.17) is 14.6 Å². The van der Waals surface area contributed by atoms with Gasteiger partial charge in [0, 0.05) is 29.4 Å². The number of aryl methyl sites for hydroxylation is 1. The van der Waals surface area contributed by atoms with E-state index in [2.05, 4.69) is 38.6 Å². The van der Waals surface area contributed by atoms with Crippen molar-refractivity contribution in [2.24, 2.45) is 5.92 Å². The third-order valence-electron chi connectivity index (χ3n) is 5.83. The predicted molar refractivity (Wildman–Crippen MR) is 138 cm³/mol. The third kappa shape index (κ3) is 6.17. The van der Waals surface area contributed by atoms with E-state index in [0.717, 1.165) is 35.7 Å². The Kier molecular flexibility index (Phi) is 7.99. The van der Waals surface area contributed by atoms with E-state index in [1.165, 1.54) is 48.8 Å². The van der Waals surface area contributed by atoms with Crippen molar-refractivity contribution in [1.82, 2.24) is 20.3 Å². The number of thiazole rings is 1. The minimum Gasteiger partial charge on any atom is -0.495 e. The van der Waals surface area contributed by atoms with E-state index in [1.54, 1.807) is 32.4 Å². The number of aromatic amines is 1. The quantitative estimate of drug-likeness (QED) is 0.283. The van der Waals surface area contributed by atoms with Crippen LogP contribution < -0.4 is 14.8 Å². The van der Waals surface area contributed by atoms with Crippen LogP contribution in [0.4, 0.5) is 0 Å². The van der Waals surface area contributed by atoms with Gasteiger partial charge in [-0.25, -0.2) is 14.8 Å². The van der Waals surface area contributed by atoms with Crippen molar-refractivity contribution >= 4 is 28.2 Å². The summed E-state index contributed by atoms with van der Waals surface area (Å²) in [5.74, 6) is 1.34. The van der Waals surface area contributed by atoms with Crippen LogP contribution in [0.15, 0.2) is 42.7 Å². The summed E-state index contributed by atoms with van der Waals surface area (Å²) in [7, 11) is 3.24. The summed E-state index contributed by atoms with van der Waals surface area (Å²) >= 11 is 1.34. The van der Waals surface area contributed by atoms with Crippen LogP contribution in [0.1, 0.15) is 33.9 Å². The number of benzene rings is 1. The zero-order valence-electron chi connectivity index (χ0n) is 20.1. The number of methoxy groups -OCH3 is 2. The molecule has 0 saturated heterocycles. The van der Waals surface area contributed by atoms with Crippen molar-refractivity contribution in [2.45, 2.75) is 26.2 Å². The molecule has 3 aromatic heterocycles. The molecule has 184 valence electrons. The molecule has 1 aliphatic rings. The molecule has 0 atom stereocenters. The average molecular weight is 495 g/mol. The molecule has 8 nitrogen and oxygen atoms in total. The molecule has 4 aromatic rings. The van der Waals surface area contributed by atoms with Crippen LogP contribution in [0.2, 0.25) is 0 Å². The number of carboxylic acids is 1. The maximum atomic E-state index is 11.0. The second-order valence-corrected chi connectivity index (χ2v) is 9.60. The second kappa shape index (κ2) is 11.3. The second-order valence-electron chi connectivity index (χ2n) is 8.40. The van der Waals surface area contributed by atoms with Gasteiger partial charge in [-0.3, -0.25) is 0 Å². The molecule has 9 heteroatoms. The number of carbonyl (C=O) groups is 1. The molecule has 0 radical (unpaired) electrons. The van der Waals surface area contributed by atoms with E-state index >= 15 is 0 Å². The fourth-order valence-corrected chi connectivity index (χ4v) is 4.72. The van der Waals surface area contributed by atoms with Gasteiger partial charge in [0.1, 0.15) is 5.75 Å². The van der Waals surface area contributed by atoms with Gasteiger partial charge < -0.3 is 24.9 Å². The van der Waals surface area contributed by atoms with E-state index in [9.17, 15) is 4.79 Å². The Labute approximate surface area is 208 Å². The summed E-state index contributed by atoms with van der Waals surface area (Å²) in [4.78, 5) is 23.0. The van der Waals surface area contributed by atoms with E-state index in [1.807, 2.05) is 6.07 Å². The highest BCUT2D eigenvalue weighted by molar-refractivity contribution is 7.15. The number of ether oxygens (including phenoxy) is 2. The molecule has 1 saturated carbocycles. The summed E-state index contributed by atoms with van der Waals surface area (Å²) in [5.41, 5.74) is 3.28. The summed E-state index contributed by atoms with van der Waals surface area (Å²) in [5, 5.41) is 14.6. The van der Waals surface area contributed by atoms with Gasteiger partial charge in [-0.2, -0.15) is 0 Å². The number of hydrogen-bond acceptors (Lipinski definition) is 7. The summed E-state index contributed by atoms with van der Waals surface area (Å²) < 4.78 is 10.3. The van der Waals surface area contributed by atoms with Crippen molar-refractivity contribution in [2.75, 3.05) is 27.3 Å². The van der Waals surface area contributed by atoms with Crippen LogP contribution >= 0.6 is 11.3 Å². The van der Waals surface area contributed by atoms with Gasteiger partial charge in [-0.15, -0.1) is 11.3 Å². The van der Waals surface area contributed by atoms with Crippen LogP contribution in [-0.4, -0.2) is 53.3 Å². The van der Waals surface area contributed by atoms with E-state index in [0.29, 0.717) is 15.8 Å². The Balaban J connectivity index is 0.000000165. The molecule has 35 heavy (non-hydrogen) atoms. The molecular weight excluding hydrogens is 464 g/mol. The fraction of sp³-hybridized carbons (Fsp3) is 0.346. The molecule has 1 aliphatic carbocycles. The molecular formula is C26H30N4O4S. The number of pyridine rings is 1. The molecule has 0 unspecified atom stereocenters. The number of carboxylic acid groups (broad SMARTS) is 1. The SMILES string of the molecule is COc1ccc(-c2sc(C)nc2C(=O)O)cn1.COc1cccc2c(CCNCC3CC3)c[nH]c12. The Bertz CT molecular complexity index is 1280. The lowest BCUT2D eigenvalue weighted by atomic mass is 10.1. The number of nitrogens with one attached hydrogen (secondary N) is 2. The third-order valence-corrected chi connectivity index (χ3v) is 6.85. The van der Waals surface area contributed by atoms with E-state index < -0.39 is 5.97 Å². The fourth-order valence-electron chi connectivity index (χ4n) is 3.82. The molecule has 0 bridgehead atoms. The van der Waals surface area contributed by atoms with Gasteiger partial charge in [0.25, 0.3) is 0 Å². The maximum Gasteiger partial charge on any atom is 0.356 e. The first kappa shape index (κ1) is 24.7. The van der Waals surface area contributed by atoms with Crippen molar-refractivity contribution < 1.29 is 19.4 Å². The monoisotopic (exact) mass is 494 g/mol. The molecule has 0 amide bonds. The largest absolute Gasteiger partial charge is 0.495 e. The minimum atomic E-state index is -1.03. The van der Waals surface area contributed by atoms with Crippen LogP contribution in [-0.2, 0) is 6.42 Å². The smallest absolute Gasteiger partial charge is 0.356 e. The Morgan fingerprint density at radius 1 is 1.23 bits per heavy atom. The van der Waals surface area contributed by atoms with Crippen molar-refractivity contribution in [1.29, 1.82) is 0 Å². The number of fused-ring (bicyclic) bond motifs is 1. The molecule has 5 rings (SSSR count).